The summed E-state index contributed by atoms with van der Waals surface area (Å²) in [5.74, 6) is 0. The van der Waals surface area contributed by atoms with Gasteiger partial charge in [0.15, 0.2) is 14.6 Å². The first-order valence-electron chi connectivity index (χ1n) is 7.90. The van der Waals surface area contributed by atoms with E-state index in [2.05, 4.69) is 75.1 Å². The third-order valence-corrected chi connectivity index (χ3v) is 4.83. The molecule has 0 saturated carbocycles. The molecule has 3 heteroatoms. The van der Waals surface area contributed by atoms with Crippen molar-refractivity contribution in [1.29, 1.82) is 0 Å². The van der Waals surface area contributed by atoms with E-state index in [4.69, 9.17) is 9.16 Å². The zero-order chi connectivity index (χ0) is 15.7. The normalized spacial score (nSPS) is 21.5. The third-order valence-electron chi connectivity index (χ3n) is 3.91. The molecule has 1 aliphatic heterocycles. The molecular formula is C19H24O2Si. The summed E-state index contributed by atoms with van der Waals surface area (Å²) in [6.07, 6.45) is 0.727. The Kier molecular flexibility index (Phi) is 4.21. The quantitative estimate of drug-likeness (QED) is 0.729. The first-order valence-corrected chi connectivity index (χ1v) is 11.3. The summed E-state index contributed by atoms with van der Waals surface area (Å²) in [6.45, 7) is 8.72. The van der Waals surface area contributed by atoms with Gasteiger partial charge >= 0.3 is 0 Å². The summed E-state index contributed by atoms with van der Waals surface area (Å²) in [6, 6.07) is 17.1. The van der Waals surface area contributed by atoms with Crippen LogP contribution in [0.15, 0.2) is 48.5 Å². The molecule has 116 valence electrons. The van der Waals surface area contributed by atoms with Gasteiger partial charge in [-0.2, -0.15) is 0 Å². The van der Waals surface area contributed by atoms with Gasteiger partial charge < -0.3 is 9.16 Å². The molecule has 0 aliphatic carbocycles. The molecule has 2 nitrogen and oxygen atoms in total. The molecule has 0 N–H and O–H groups in total. The van der Waals surface area contributed by atoms with Gasteiger partial charge in [0.05, 0.1) is 6.10 Å². The molecule has 0 amide bonds. The number of ether oxygens (including phenoxy) is 1. The van der Waals surface area contributed by atoms with E-state index in [1.807, 2.05) is 0 Å². The smallest absolute Gasteiger partial charge is 0.187 e. The van der Waals surface area contributed by atoms with E-state index in [-0.39, 0.29) is 12.4 Å². The molecule has 0 bridgehead atoms. The Morgan fingerprint density at radius 3 is 2.36 bits per heavy atom. The van der Waals surface area contributed by atoms with Crippen molar-refractivity contribution in [3.63, 3.8) is 0 Å². The van der Waals surface area contributed by atoms with Crippen molar-refractivity contribution in [2.75, 3.05) is 0 Å². The second-order valence-electron chi connectivity index (χ2n) is 7.00. The minimum Gasteiger partial charge on any atom is -0.390 e. The van der Waals surface area contributed by atoms with E-state index in [0.29, 0.717) is 0 Å². The molecule has 2 aromatic rings. The average molecular weight is 312 g/mol. The Bertz CT molecular complexity index is 643. The van der Waals surface area contributed by atoms with Crippen molar-refractivity contribution < 1.29 is 9.16 Å². The molecule has 0 aromatic heterocycles. The summed E-state index contributed by atoms with van der Waals surface area (Å²) in [7, 11) is -1.68. The van der Waals surface area contributed by atoms with Crippen molar-refractivity contribution in [3.8, 4) is 0 Å². The van der Waals surface area contributed by atoms with Crippen LogP contribution < -0.4 is 0 Å². The van der Waals surface area contributed by atoms with Gasteiger partial charge in [-0.3, -0.25) is 0 Å². The SMILES string of the molecule is Cc1ccc([C@H]2Cc3ccccc3[C@H](O[Si](C)(C)C)O2)cc1. The molecular weight excluding hydrogens is 288 g/mol. The van der Waals surface area contributed by atoms with Gasteiger partial charge in [-0.1, -0.05) is 54.1 Å². The van der Waals surface area contributed by atoms with Crippen LogP contribution in [0.25, 0.3) is 0 Å². The predicted molar refractivity (Wildman–Crippen MR) is 92.3 cm³/mol. The molecule has 2 atom stereocenters. The van der Waals surface area contributed by atoms with Crippen molar-refractivity contribution in [2.45, 2.75) is 45.4 Å². The van der Waals surface area contributed by atoms with Gasteiger partial charge in [-0.15, -0.1) is 0 Å². The Morgan fingerprint density at radius 2 is 1.68 bits per heavy atom. The molecule has 0 radical (unpaired) electrons. The highest BCUT2D eigenvalue weighted by Crippen LogP contribution is 2.39. The van der Waals surface area contributed by atoms with Crippen LogP contribution in [0.4, 0.5) is 0 Å². The van der Waals surface area contributed by atoms with Gasteiger partial charge in [-0.05, 0) is 37.7 Å². The second kappa shape index (κ2) is 5.99. The number of fused-ring (bicyclic) bond motifs is 1. The molecule has 1 aliphatic rings. The van der Waals surface area contributed by atoms with Crippen molar-refractivity contribution >= 4 is 8.32 Å². The Balaban J connectivity index is 1.92. The zero-order valence-electron chi connectivity index (χ0n) is 13.8. The summed E-state index contributed by atoms with van der Waals surface area (Å²) >= 11 is 0. The minimum atomic E-state index is -1.68. The Morgan fingerprint density at radius 1 is 1.00 bits per heavy atom. The van der Waals surface area contributed by atoms with Crippen LogP contribution >= 0.6 is 0 Å². The monoisotopic (exact) mass is 312 g/mol. The van der Waals surface area contributed by atoms with Crippen LogP contribution in [0, 0.1) is 6.92 Å². The largest absolute Gasteiger partial charge is 0.390 e. The standard InChI is InChI=1S/C19H24O2Si/c1-14-9-11-15(12-10-14)18-13-16-7-5-6-8-17(16)19(20-18)21-22(2,3)4/h5-12,18-19H,13H2,1-4H3/t18-,19+/m1/s1. The van der Waals surface area contributed by atoms with E-state index < -0.39 is 8.32 Å². The predicted octanol–water partition coefficient (Wildman–Crippen LogP) is 5.16. The summed E-state index contributed by atoms with van der Waals surface area (Å²) in [4.78, 5) is 0. The lowest BCUT2D eigenvalue weighted by Crippen LogP contribution is -2.32. The van der Waals surface area contributed by atoms with Crippen LogP contribution in [0.1, 0.15) is 34.6 Å². The van der Waals surface area contributed by atoms with E-state index in [1.54, 1.807) is 0 Å². The topological polar surface area (TPSA) is 18.5 Å². The number of hydrogen-bond donors (Lipinski definition) is 0. The van der Waals surface area contributed by atoms with Gasteiger partial charge in [0.2, 0.25) is 0 Å². The second-order valence-corrected chi connectivity index (χ2v) is 11.5. The lowest BCUT2D eigenvalue weighted by atomic mass is 9.94. The first kappa shape index (κ1) is 15.5. The summed E-state index contributed by atoms with van der Waals surface area (Å²) in [5, 5.41) is 0. The number of rotatable bonds is 3. The number of benzene rings is 2. The van der Waals surface area contributed by atoms with E-state index in [9.17, 15) is 0 Å². The summed E-state index contributed by atoms with van der Waals surface area (Å²) < 4.78 is 12.6. The highest BCUT2D eigenvalue weighted by atomic mass is 28.4. The van der Waals surface area contributed by atoms with Crippen LogP contribution in [0.2, 0.25) is 19.6 Å². The van der Waals surface area contributed by atoms with Crippen LogP contribution in [-0.2, 0) is 15.6 Å². The highest BCUT2D eigenvalue weighted by Gasteiger charge is 2.32. The van der Waals surface area contributed by atoms with Crippen LogP contribution in [0.3, 0.4) is 0 Å². The fourth-order valence-corrected chi connectivity index (χ4v) is 3.64. The molecule has 0 unspecified atom stereocenters. The lowest BCUT2D eigenvalue weighted by Gasteiger charge is -2.35. The number of hydrogen-bond acceptors (Lipinski definition) is 2. The third kappa shape index (κ3) is 3.49. The average Bonchev–Trinajstić information content (AvgIpc) is 2.46. The van der Waals surface area contributed by atoms with Crippen molar-refractivity contribution in [1.82, 2.24) is 0 Å². The fraction of sp³-hybridized carbons (Fsp3) is 0.368. The molecule has 0 fully saturated rings. The van der Waals surface area contributed by atoms with Gasteiger partial charge in [0, 0.05) is 12.0 Å². The van der Waals surface area contributed by atoms with Gasteiger partial charge in [0.1, 0.15) is 0 Å². The fourth-order valence-electron chi connectivity index (χ4n) is 2.81. The molecule has 1 heterocycles. The maximum Gasteiger partial charge on any atom is 0.187 e. The van der Waals surface area contributed by atoms with Crippen molar-refractivity contribution in [3.05, 3.63) is 70.8 Å². The van der Waals surface area contributed by atoms with Crippen LogP contribution in [0.5, 0.6) is 0 Å². The minimum absolute atomic E-state index is 0.0665. The van der Waals surface area contributed by atoms with E-state index >= 15 is 0 Å². The molecule has 0 spiro atoms. The lowest BCUT2D eigenvalue weighted by molar-refractivity contribution is -0.139. The van der Waals surface area contributed by atoms with Gasteiger partial charge in [-0.25, -0.2) is 0 Å². The molecule has 22 heavy (non-hydrogen) atoms. The Hall–Kier alpha value is -1.42. The van der Waals surface area contributed by atoms with Gasteiger partial charge in [0.25, 0.3) is 0 Å². The molecule has 2 aromatic carbocycles. The maximum absolute atomic E-state index is 6.33. The Labute approximate surface area is 134 Å². The van der Waals surface area contributed by atoms with E-state index in [0.717, 1.165) is 6.42 Å². The van der Waals surface area contributed by atoms with E-state index in [1.165, 1.54) is 22.3 Å². The number of aryl methyl sites for hydroxylation is 1. The van der Waals surface area contributed by atoms with Crippen LogP contribution in [-0.4, -0.2) is 8.32 Å². The highest BCUT2D eigenvalue weighted by molar-refractivity contribution is 6.69. The molecule has 0 saturated heterocycles. The van der Waals surface area contributed by atoms with Crippen molar-refractivity contribution in [2.24, 2.45) is 0 Å². The first-order chi connectivity index (χ1) is 10.4. The zero-order valence-corrected chi connectivity index (χ0v) is 14.8. The summed E-state index contributed by atoms with van der Waals surface area (Å²) in [5.41, 5.74) is 5.02. The molecule has 3 rings (SSSR count). The maximum atomic E-state index is 6.33.